The van der Waals surface area contributed by atoms with E-state index < -0.39 is 11.0 Å². The minimum absolute atomic E-state index is 0.182. The van der Waals surface area contributed by atoms with E-state index >= 15 is 0 Å². The molecule has 0 fully saturated rings. The van der Waals surface area contributed by atoms with Gasteiger partial charge in [-0.05, 0) is 57.4 Å². The Morgan fingerprint density at radius 3 is 2.70 bits per heavy atom. The Morgan fingerprint density at radius 1 is 1.50 bits per heavy atom. The molecule has 0 heterocycles. The molecule has 0 radical (unpaired) electrons. The summed E-state index contributed by atoms with van der Waals surface area (Å²) >= 11 is 3.43. The van der Waals surface area contributed by atoms with E-state index in [1.807, 2.05) is 26.8 Å². The molecular weight excluding hydrogens is 341 g/mol. The van der Waals surface area contributed by atoms with E-state index in [1.54, 1.807) is 6.07 Å². The molecule has 20 heavy (non-hydrogen) atoms. The van der Waals surface area contributed by atoms with Crippen molar-refractivity contribution in [3.8, 4) is 0 Å². The fourth-order valence-electron chi connectivity index (χ4n) is 1.65. The highest BCUT2D eigenvalue weighted by molar-refractivity contribution is 9.10. The van der Waals surface area contributed by atoms with Crippen molar-refractivity contribution >= 4 is 26.9 Å². The van der Waals surface area contributed by atoms with Gasteiger partial charge >= 0.3 is 0 Å². The van der Waals surface area contributed by atoms with Crippen LogP contribution in [0, 0.1) is 5.82 Å². The highest BCUT2D eigenvalue weighted by atomic mass is 79.9. The van der Waals surface area contributed by atoms with Gasteiger partial charge in [0.05, 0.1) is 15.7 Å². The molecule has 1 aromatic rings. The number of hydrogen-bond acceptors (Lipinski definition) is 1. The normalized spacial score (nSPS) is 14.8. The van der Waals surface area contributed by atoms with E-state index in [2.05, 4.69) is 27.2 Å². The molecule has 1 N–H and O–H groups in total. The fraction of sp³-hybridized carbons (Fsp3) is 0.467. The van der Waals surface area contributed by atoms with Gasteiger partial charge in [-0.15, -0.1) is 6.58 Å². The summed E-state index contributed by atoms with van der Waals surface area (Å²) in [5.74, 6) is -0.296. The van der Waals surface area contributed by atoms with E-state index in [0.29, 0.717) is 6.42 Å². The Balaban J connectivity index is 3.02. The number of nitrogens with one attached hydrogen (secondary N) is 1. The van der Waals surface area contributed by atoms with Crippen molar-refractivity contribution < 1.29 is 8.60 Å². The fourth-order valence-corrected chi connectivity index (χ4v) is 3.03. The van der Waals surface area contributed by atoms with E-state index in [4.69, 9.17) is 0 Å². The van der Waals surface area contributed by atoms with E-state index in [1.165, 1.54) is 12.1 Å². The van der Waals surface area contributed by atoms with Crippen LogP contribution in [0.25, 0.3) is 0 Å². The third-order valence-electron chi connectivity index (χ3n) is 2.80. The topological polar surface area (TPSA) is 29.1 Å². The van der Waals surface area contributed by atoms with Crippen LogP contribution in [0.15, 0.2) is 35.3 Å². The Morgan fingerprint density at radius 2 is 2.15 bits per heavy atom. The van der Waals surface area contributed by atoms with Gasteiger partial charge in [0.15, 0.2) is 0 Å². The van der Waals surface area contributed by atoms with Gasteiger partial charge in [0.1, 0.15) is 5.82 Å². The standard InChI is InChI=1S/C15H21BrFNOS/c1-5-6-7-14(18-20(19)15(2,3)4)12-10-11(17)8-9-13(12)16/h5,8-10,14,18H,1,6-7H2,2-4H3. The number of hydrogen-bond donors (Lipinski definition) is 1. The average molecular weight is 362 g/mol. The van der Waals surface area contributed by atoms with Crippen LogP contribution in [0.4, 0.5) is 4.39 Å². The molecule has 0 aliphatic heterocycles. The molecule has 0 saturated heterocycles. The van der Waals surface area contributed by atoms with Gasteiger partial charge in [-0.2, -0.15) is 0 Å². The molecule has 1 rings (SSSR count). The van der Waals surface area contributed by atoms with Crippen LogP contribution in [-0.4, -0.2) is 8.96 Å². The maximum atomic E-state index is 13.5. The highest BCUT2D eigenvalue weighted by Gasteiger charge is 2.24. The quantitative estimate of drug-likeness (QED) is 0.734. The van der Waals surface area contributed by atoms with Gasteiger partial charge in [-0.1, -0.05) is 22.0 Å². The van der Waals surface area contributed by atoms with Crippen molar-refractivity contribution in [1.82, 2.24) is 4.72 Å². The van der Waals surface area contributed by atoms with Crippen LogP contribution in [-0.2, 0) is 11.0 Å². The lowest BCUT2D eigenvalue weighted by atomic mass is 10.0. The molecular formula is C15H21BrFNOS. The van der Waals surface area contributed by atoms with Gasteiger partial charge in [0.2, 0.25) is 0 Å². The summed E-state index contributed by atoms with van der Waals surface area (Å²) in [6, 6.07) is 4.37. The van der Waals surface area contributed by atoms with Crippen LogP contribution in [0.3, 0.4) is 0 Å². The maximum Gasteiger partial charge on any atom is 0.123 e. The summed E-state index contributed by atoms with van der Waals surface area (Å²) in [6.45, 7) is 9.42. The third-order valence-corrected chi connectivity index (χ3v) is 5.13. The SMILES string of the molecule is C=CCCC(NS(=O)C(C)(C)C)c1cc(F)ccc1Br. The van der Waals surface area contributed by atoms with Crippen molar-refractivity contribution in [1.29, 1.82) is 0 Å². The van der Waals surface area contributed by atoms with Crippen LogP contribution in [0.1, 0.15) is 45.2 Å². The lowest BCUT2D eigenvalue weighted by molar-refractivity contribution is 0.565. The predicted octanol–water partition coefficient (Wildman–Crippen LogP) is 4.65. The second-order valence-corrected chi connectivity index (χ2v) is 8.44. The number of allylic oxidation sites excluding steroid dienone is 1. The summed E-state index contributed by atoms with van der Waals surface area (Å²) in [4.78, 5) is 0. The molecule has 2 atom stereocenters. The summed E-state index contributed by atoms with van der Waals surface area (Å²) in [5, 5.41) is 0. The first-order chi connectivity index (χ1) is 9.25. The molecule has 0 bridgehead atoms. The lowest BCUT2D eigenvalue weighted by Gasteiger charge is -2.25. The summed E-state index contributed by atoms with van der Waals surface area (Å²) in [5.41, 5.74) is 0.782. The van der Waals surface area contributed by atoms with E-state index in [9.17, 15) is 8.60 Å². The molecule has 112 valence electrons. The molecule has 0 spiro atoms. The van der Waals surface area contributed by atoms with Gasteiger partial charge in [0, 0.05) is 10.5 Å². The summed E-state index contributed by atoms with van der Waals surface area (Å²) in [6.07, 6.45) is 3.29. The molecule has 2 nitrogen and oxygen atoms in total. The van der Waals surface area contributed by atoms with Gasteiger partial charge in [-0.3, -0.25) is 0 Å². The van der Waals surface area contributed by atoms with Crippen LogP contribution >= 0.6 is 15.9 Å². The van der Waals surface area contributed by atoms with Crippen LogP contribution in [0.2, 0.25) is 0 Å². The zero-order valence-electron chi connectivity index (χ0n) is 12.1. The smallest absolute Gasteiger partial charge is 0.123 e. The Bertz CT molecular complexity index is 499. The van der Waals surface area contributed by atoms with Crippen molar-refractivity contribution in [2.45, 2.75) is 44.4 Å². The van der Waals surface area contributed by atoms with E-state index in [0.717, 1.165) is 16.5 Å². The minimum atomic E-state index is -1.21. The average Bonchev–Trinajstić information content (AvgIpc) is 2.36. The Labute approximate surface area is 131 Å². The van der Waals surface area contributed by atoms with Crippen molar-refractivity contribution in [2.75, 3.05) is 0 Å². The molecule has 0 aliphatic rings. The maximum absolute atomic E-state index is 13.5. The molecule has 0 amide bonds. The van der Waals surface area contributed by atoms with Gasteiger partial charge in [0.25, 0.3) is 0 Å². The highest BCUT2D eigenvalue weighted by Crippen LogP contribution is 2.29. The van der Waals surface area contributed by atoms with E-state index in [-0.39, 0.29) is 16.6 Å². The predicted molar refractivity (Wildman–Crippen MR) is 87.3 cm³/mol. The number of halogens is 2. The number of rotatable bonds is 6. The minimum Gasteiger partial charge on any atom is -0.242 e. The van der Waals surface area contributed by atoms with Crippen molar-refractivity contribution in [3.05, 3.63) is 46.7 Å². The summed E-state index contributed by atoms with van der Waals surface area (Å²) < 4.78 is 29.3. The van der Waals surface area contributed by atoms with Gasteiger partial charge < -0.3 is 0 Å². The molecule has 5 heteroatoms. The van der Waals surface area contributed by atoms with Crippen molar-refractivity contribution in [3.63, 3.8) is 0 Å². The molecule has 0 saturated carbocycles. The largest absolute Gasteiger partial charge is 0.242 e. The van der Waals surface area contributed by atoms with Crippen LogP contribution < -0.4 is 4.72 Å². The Kier molecular flexibility index (Phi) is 6.55. The first-order valence-electron chi connectivity index (χ1n) is 6.49. The first kappa shape index (κ1) is 17.5. The lowest BCUT2D eigenvalue weighted by Crippen LogP contribution is -2.36. The Hall–Kier alpha value is -0.520. The zero-order valence-corrected chi connectivity index (χ0v) is 14.5. The monoisotopic (exact) mass is 361 g/mol. The second-order valence-electron chi connectivity index (χ2n) is 5.58. The third kappa shape index (κ3) is 5.11. The number of benzene rings is 1. The molecule has 0 aromatic heterocycles. The van der Waals surface area contributed by atoms with Crippen LogP contribution in [0.5, 0.6) is 0 Å². The first-order valence-corrected chi connectivity index (χ1v) is 8.44. The van der Waals surface area contributed by atoms with Crippen molar-refractivity contribution in [2.24, 2.45) is 0 Å². The van der Waals surface area contributed by atoms with Gasteiger partial charge in [-0.25, -0.2) is 13.3 Å². The molecule has 2 unspecified atom stereocenters. The zero-order chi connectivity index (χ0) is 15.3. The molecule has 0 aliphatic carbocycles. The molecule has 1 aromatic carbocycles. The second kappa shape index (κ2) is 7.48. The summed E-state index contributed by atoms with van der Waals surface area (Å²) in [7, 11) is -1.21.